The first-order valence-corrected chi connectivity index (χ1v) is 9.40. The van der Waals surface area contributed by atoms with Crippen LogP contribution in [0.4, 0.5) is 5.69 Å². The third-order valence-electron chi connectivity index (χ3n) is 4.54. The average molecular weight is 379 g/mol. The number of amides is 2. The smallest absolute Gasteiger partial charge is 0.270 e. The fraction of sp³-hybridized carbons (Fsp3) is 0.273. The first kappa shape index (κ1) is 19.5. The van der Waals surface area contributed by atoms with Gasteiger partial charge in [0.15, 0.2) is 0 Å². The van der Waals surface area contributed by atoms with E-state index in [0.29, 0.717) is 12.3 Å². The van der Waals surface area contributed by atoms with Gasteiger partial charge in [-0.3, -0.25) is 9.59 Å². The van der Waals surface area contributed by atoms with Gasteiger partial charge < -0.3 is 19.9 Å². The number of aryl methyl sites for hydroxylation is 1. The normalized spacial score (nSPS) is 10.7. The largest absolute Gasteiger partial charge is 0.494 e. The molecule has 0 radical (unpaired) electrons. The van der Waals surface area contributed by atoms with Gasteiger partial charge in [-0.15, -0.1) is 0 Å². The highest BCUT2D eigenvalue weighted by Gasteiger charge is 2.18. The number of H-pyrrole nitrogens is 1. The maximum Gasteiger partial charge on any atom is 0.270 e. The third-order valence-corrected chi connectivity index (χ3v) is 4.54. The summed E-state index contributed by atoms with van der Waals surface area (Å²) in [5.41, 5.74) is 3.10. The van der Waals surface area contributed by atoms with Crippen molar-refractivity contribution in [3.05, 3.63) is 59.8 Å². The fourth-order valence-electron chi connectivity index (χ4n) is 3.11. The Bertz CT molecular complexity index is 994. The van der Waals surface area contributed by atoms with E-state index in [2.05, 4.69) is 10.3 Å². The number of aromatic amines is 1. The Hall–Kier alpha value is -3.28. The van der Waals surface area contributed by atoms with Crippen molar-refractivity contribution in [1.82, 2.24) is 9.88 Å². The second-order valence-corrected chi connectivity index (χ2v) is 6.59. The first-order chi connectivity index (χ1) is 13.5. The maximum absolute atomic E-state index is 12.7. The predicted molar refractivity (Wildman–Crippen MR) is 111 cm³/mol. The van der Waals surface area contributed by atoms with Gasteiger partial charge >= 0.3 is 0 Å². The van der Waals surface area contributed by atoms with Crippen LogP contribution in [0.3, 0.4) is 0 Å². The molecule has 0 aliphatic rings. The number of rotatable bonds is 7. The molecule has 2 aromatic carbocycles. The maximum atomic E-state index is 12.7. The van der Waals surface area contributed by atoms with E-state index in [9.17, 15) is 9.59 Å². The number of nitrogens with one attached hydrogen (secondary N) is 2. The van der Waals surface area contributed by atoms with E-state index in [-0.39, 0.29) is 18.4 Å². The standard InChI is InChI=1S/C22H25N3O3/c1-4-15-8-6-7-9-18(15)24-21(26)14-25(3)22(27)20-12-16-10-11-17(28-5-2)13-19(16)23-20/h6-13,23H,4-5,14H2,1-3H3,(H,24,26). The number of ether oxygens (including phenoxy) is 1. The van der Waals surface area contributed by atoms with Crippen molar-refractivity contribution in [2.75, 3.05) is 25.5 Å². The van der Waals surface area contributed by atoms with Crippen molar-refractivity contribution in [3.8, 4) is 5.75 Å². The molecule has 1 aromatic heterocycles. The van der Waals surface area contributed by atoms with Crippen LogP contribution in [0.15, 0.2) is 48.5 Å². The zero-order valence-electron chi connectivity index (χ0n) is 16.4. The zero-order chi connectivity index (χ0) is 20.1. The van der Waals surface area contributed by atoms with Gasteiger partial charge in [-0.2, -0.15) is 0 Å². The van der Waals surface area contributed by atoms with Crippen molar-refractivity contribution >= 4 is 28.4 Å². The number of para-hydroxylation sites is 1. The average Bonchev–Trinajstić information content (AvgIpc) is 3.11. The molecule has 0 aliphatic heterocycles. The van der Waals surface area contributed by atoms with Crippen LogP contribution in [0.25, 0.3) is 10.9 Å². The number of hydrogen-bond acceptors (Lipinski definition) is 3. The summed E-state index contributed by atoms with van der Waals surface area (Å²) >= 11 is 0. The molecular formula is C22H25N3O3. The minimum atomic E-state index is -0.243. The molecule has 0 unspecified atom stereocenters. The highest BCUT2D eigenvalue weighted by atomic mass is 16.5. The van der Waals surface area contributed by atoms with Gasteiger partial charge in [-0.1, -0.05) is 25.1 Å². The molecule has 0 saturated heterocycles. The van der Waals surface area contributed by atoms with Crippen molar-refractivity contribution in [2.45, 2.75) is 20.3 Å². The van der Waals surface area contributed by atoms with Crippen LogP contribution < -0.4 is 10.1 Å². The third kappa shape index (κ3) is 4.34. The van der Waals surface area contributed by atoms with Gasteiger partial charge in [0.1, 0.15) is 11.4 Å². The van der Waals surface area contributed by atoms with Gasteiger partial charge in [-0.05, 0) is 43.2 Å². The van der Waals surface area contributed by atoms with Crippen LogP contribution in [-0.4, -0.2) is 41.9 Å². The quantitative estimate of drug-likeness (QED) is 0.655. The van der Waals surface area contributed by atoms with E-state index in [1.807, 2.05) is 56.3 Å². The molecular weight excluding hydrogens is 354 g/mol. The second-order valence-electron chi connectivity index (χ2n) is 6.59. The van der Waals surface area contributed by atoms with Crippen LogP contribution in [-0.2, 0) is 11.2 Å². The number of anilines is 1. The van der Waals surface area contributed by atoms with Gasteiger partial charge in [0.25, 0.3) is 5.91 Å². The summed E-state index contributed by atoms with van der Waals surface area (Å²) in [4.78, 5) is 29.6. The minimum absolute atomic E-state index is 0.0313. The number of carbonyl (C=O) groups excluding carboxylic acids is 2. The monoisotopic (exact) mass is 379 g/mol. The summed E-state index contributed by atoms with van der Waals surface area (Å²) in [5.74, 6) is 0.276. The van der Waals surface area contributed by atoms with Crippen LogP contribution in [0.5, 0.6) is 5.75 Å². The molecule has 0 fully saturated rings. The number of nitrogens with zero attached hydrogens (tertiary/aromatic N) is 1. The molecule has 1 heterocycles. The molecule has 2 amide bonds. The molecule has 3 rings (SSSR count). The Morgan fingerprint density at radius 3 is 2.64 bits per heavy atom. The summed E-state index contributed by atoms with van der Waals surface area (Å²) < 4.78 is 5.49. The lowest BCUT2D eigenvalue weighted by Gasteiger charge is -2.17. The lowest BCUT2D eigenvalue weighted by Crippen LogP contribution is -2.35. The van der Waals surface area contributed by atoms with Crippen molar-refractivity contribution in [1.29, 1.82) is 0 Å². The SMILES string of the molecule is CCOc1ccc2cc(C(=O)N(C)CC(=O)Nc3ccccc3CC)[nH]c2c1. The van der Waals surface area contributed by atoms with Gasteiger partial charge in [0, 0.05) is 29.7 Å². The Balaban J connectivity index is 1.68. The van der Waals surface area contributed by atoms with Crippen LogP contribution in [0.2, 0.25) is 0 Å². The molecule has 0 bridgehead atoms. The second kappa shape index (κ2) is 8.61. The van der Waals surface area contributed by atoms with E-state index < -0.39 is 0 Å². The van der Waals surface area contributed by atoms with Gasteiger partial charge in [0.05, 0.1) is 13.2 Å². The number of likely N-dealkylation sites (N-methyl/N-ethyl adjacent to an activating group) is 1. The van der Waals surface area contributed by atoms with Crippen molar-refractivity contribution < 1.29 is 14.3 Å². The molecule has 28 heavy (non-hydrogen) atoms. The summed E-state index contributed by atoms with van der Waals surface area (Å²) in [5, 5.41) is 3.81. The van der Waals surface area contributed by atoms with E-state index in [1.54, 1.807) is 13.1 Å². The zero-order valence-corrected chi connectivity index (χ0v) is 16.4. The molecule has 0 saturated carbocycles. The fourth-order valence-corrected chi connectivity index (χ4v) is 3.11. The predicted octanol–water partition coefficient (Wildman–Crippen LogP) is 3.84. The minimum Gasteiger partial charge on any atom is -0.494 e. The topological polar surface area (TPSA) is 74.4 Å². The summed E-state index contributed by atoms with van der Waals surface area (Å²) in [7, 11) is 1.62. The Labute approximate surface area is 164 Å². The number of fused-ring (bicyclic) bond motifs is 1. The Morgan fingerprint density at radius 2 is 1.89 bits per heavy atom. The highest BCUT2D eigenvalue weighted by Crippen LogP contribution is 2.22. The molecule has 0 atom stereocenters. The van der Waals surface area contributed by atoms with E-state index in [1.165, 1.54) is 4.90 Å². The number of hydrogen-bond donors (Lipinski definition) is 2. The van der Waals surface area contributed by atoms with Gasteiger partial charge in [0.2, 0.25) is 5.91 Å². The number of carbonyl (C=O) groups is 2. The van der Waals surface area contributed by atoms with Crippen LogP contribution in [0, 0.1) is 0 Å². The lowest BCUT2D eigenvalue weighted by molar-refractivity contribution is -0.116. The molecule has 0 aliphatic carbocycles. The first-order valence-electron chi connectivity index (χ1n) is 9.40. The summed E-state index contributed by atoms with van der Waals surface area (Å²) in [6, 6.07) is 15.1. The van der Waals surface area contributed by atoms with Crippen LogP contribution in [0.1, 0.15) is 29.9 Å². The number of aromatic nitrogens is 1. The molecule has 6 nitrogen and oxygen atoms in total. The molecule has 2 N–H and O–H groups in total. The molecule has 0 spiro atoms. The lowest BCUT2D eigenvalue weighted by atomic mass is 10.1. The van der Waals surface area contributed by atoms with Crippen LogP contribution >= 0.6 is 0 Å². The molecule has 3 aromatic rings. The Morgan fingerprint density at radius 1 is 1.11 bits per heavy atom. The van der Waals surface area contributed by atoms with Gasteiger partial charge in [-0.25, -0.2) is 0 Å². The van der Waals surface area contributed by atoms with E-state index >= 15 is 0 Å². The van der Waals surface area contributed by atoms with E-state index in [4.69, 9.17) is 4.74 Å². The molecule has 146 valence electrons. The van der Waals surface area contributed by atoms with Crippen molar-refractivity contribution in [3.63, 3.8) is 0 Å². The number of benzene rings is 2. The van der Waals surface area contributed by atoms with E-state index in [0.717, 1.165) is 34.3 Å². The highest BCUT2D eigenvalue weighted by molar-refractivity contribution is 6.01. The summed E-state index contributed by atoms with van der Waals surface area (Å²) in [6.07, 6.45) is 0.823. The summed E-state index contributed by atoms with van der Waals surface area (Å²) in [6.45, 7) is 4.51. The molecule has 6 heteroatoms. The Kier molecular flexibility index (Phi) is 5.99. The van der Waals surface area contributed by atoms with Crippen molar-refractivity contribution in [2.24, 2.45) is 0 Å².